The highest BCUT2D eigenvalue weighted by Crippen LogP contribution is 2.04. The number of hydrogen-bond acceptors (Lipinski definition) is 4. The lowest BCUT2D eigenvalue weighted by molar-refractivity contribution is -0.168. The van der Waals surface area contributed by atoms with Gasteiger partial charge in [0.25, 0.3) is 0 Å². The summed E-state index contributed by atoms with van der Waals surface area (Å²) in [6.45, 7) is 1.13. The van der Waals surface area contributed by atoms with Crippen LogP contribution < -0.4 is 0 Å². The first kappa shape index (κ1) is 12.4. The van der Waals surface area contributed by atoms with E-state index in [2.05, 4.69) is 4.74 Å². The summed E-state index contributed by atoms with van der Waals surface area (Å²) in [6.07, 6.45) is -3.76. The molecule has 2 unspecified atom stereocenters. The molecular formula is C7H10O7. The molecule has 0 radical (unpaired) electrons. The first-order valence-electron chi connectivity index (χ1n) is 3.67. The van der Waals surface area contributed by atoms with Crippen LogP contribution in [0.2, 0.25) is 0 Å². The van der Waals surface area contributed by atoms with Crippen LogP contribution in [-0.4, -0.2) is 45.4 Å². The molecule has 0 aromatic rings. The van der Waals surface area contributed by atoms with Gasteiger partial charge >= 0.3 is 17.9 Å². The Morgan fingerprint density at radius 3 is 1.93 bits per heavy atom. The maximum absolute atomic E-state index is 10.4. The van der Waals surface area contributed by atoms with Crippen LogP contribution in [0.5, 0.6) is 0 Å². The minimum atomic E-state index is -1.64. The van der Waals surface area contributed by atoms with Gasteiger partial charge in [-0.2, -0.15) is 0 Å². The van der Waals surface area contributed by atoms with Crippen LogP contribution in [0.4, 0.5) is 0 Å². The maximum atomic E-state index is 10.4. The highest BCUT2D eigenvalue weighted by atomic mass is 16.5. The SMILES string of the molecule is CC(OC(CC(=O)O)C(=O)O)C(=O)O. The molecule has 7 heteroatoms. The van der Waals surface area contributed by atoms with Gasteiger partial charge in [0.2, 0.25) is 0 Å². The molecule has 80 valence electrons. The number of aliphatic carboxylic acids is 3. The summed E-state index contributed by atoms with van der Waals surface area (Å²) in [5.74, 6) is -4.21. The van der Waals surface area contributed by atoms with Gasteiger partial charge in [-0.15, -0.1) is 0 Å². The van der Waals surface area contributed by atoms with E-state index in [1.54, 1.807) is 0 Å². The van der Waals surface area contributed by atoms with Crippen LogP contribution in [0.1, 0.15) is 13.3 Å². The van der Waals surface area contributed by atoms with E-state index in [0.29, 0.717) is 0 Å². The van der Waals surface area contributed by atoms with Gasteiger partial charge in [-0.3, -0.25) is 4.79 Å². The van der Waals surface area contributed by atoms with Gasteiger partial charge in [-0.05, 0) is 6.92 Å². The summed E-state index contributed by atoms with van der Waals surface area (Å²) >= 11 is 0. The minimum absolute atomic E-state index is 0.771. The summed E-state index contributed by atoms with van der Waals surface area (Å²) in [4.78, 5) is 30.9. The minimum Gasteiger partial charge on any atom is -0.481 e. The highest BCUT2D eigenvalue weighted by Gasteiger charge is 2.26. The summed E-state index contributed by atoms with van der Waals surface area (Å²) in [6, 6.07) is 0. The van der Waals surface area contributed by atoms with Crippen LogP contribution in [0.25, 0.3) is 0 Å². The zero-order chi connectivity index (χ0) is 11.3. The molecule has 0 spiro atoms. The van der Waals surface area contributed by atoms with E-state index in [4.69, 9.17) is 15.3 Å². The van der Waals surface area contributed by atoms with Gasteiger partial charge in [-0.1, -0.05) is 0 Å². The monoisotopic (exact) mass is 206 g/mol. The average Bonchev–Trinajstić information content (AvgIpc) is 2.01. The first-order chi connectivity index (χ1) is 6.34. The van der Waals surface area contributed by atoms with Crippen molar-refractivity contribution in [1.29, 1.82) is 0 Å². The van der Waals surface area contributed by atoms with Gasteiger partial charge in [0.1, 0.15) is 0 Å². The fourth-order valence-corrected chi connectivity index (χ4v) is 0.657. The van der Waals surface area contributed by atoms with E-state index in [9.17, 15) is 14.4 Å². The number of rotatable bonds is 6. The van der Waals surface area contributed by atoms with Crippen molar-refractivity contribution < 1.29 is 34.4 Å². The number of ether oxygens (including phenoxy) is 1. The Morgan fingerprint density at radius 1 is 1.14 bits per heavy atom. The lowest BCUT2D eigenvalue weighted by atomic mass is 10.2. The summed E-state index contributed by atoms with van der Waals surface area (Å²) in [5, 5.41) is 25.1. The normalized spacial score (nSPS) is 14.4. The summed E-state index contributed by atoms with van der Waals surface area (Å²) in [7, 11) is 0. The van der Waals surface area contributed by atoms with Gasteiger partial charge in [0, 0.05) is 0 Å². The molecule has 0 saturated heterocycles. The lowest BCUT2D eigenvalue weighted by Gasteiger charge is -2.14. The van der Waals surface area contributed by atoms with Crippen LogP contribution in [0, 0.1) is 0 Å². The lowest BCUT2D eigenvalue weighted by Crippen LogP contribution is -2.33. The van der Waals surface area contributed by atoms with E-state index >= 15 is 0 Å². The van der Waals surface area contributed by atoms with Crippen LogP contribution in [-0.2, 0) is 19.1 Å². The fourth-order valence-electron chi connectivity index (χ4n) is 0.657. The molecule has 0 fully saturated rings. The van der Waals surface area contributed by atoms with Gasteiger partial charge in [0.05, 0.1) is 6.42 Å². The number of carboxylic acids is 3. The zero-order valence-electron chi connectivity index (χ0n) is 7.34. The predicted octanol–water partition coefficient (Wildman–Crippen LogP) is -0.596. The largest absolute Gasteiger partial charge is 0.481 e. The van der Waals surface area contributed by atoms with E-state index < -0.39 is 36.5 Å². The summed E-state index contributed by atoms with van der Waals surface area (Å²) < 4.78 is 4.50. The predicted molar refractivity (Wildman–Crippen MR) is 41.9 cm³/mol. The molecule has 0 bridgehead atoms. The zero-order valence-corrected chi connectivity index (χ0v) is 7.34. The van der Waals surface area contributed by atoms with Crippen molar-refractivity contribution in [1.82, 2.24) is 0 Å². The molecule has 0 heterocycles. The average molecular weight is 206 g/mol. The third-order valence-corrected chi connectivity index (χ3v) is 1.35. The van der Waals surface area contributed by atoms with Crippen molar-refractivity contribution in [2.45, 2.75) is 25.6 Å². The molecular weight excluding hydrogens is 196 g/mol. The van der Waals surface area contributed by atoms with Crippen molar-refractivity contribution in [2.75, 3.05) is 0 Å². The van der Waals surface area contributed by atoms with Crippen LogP contribution >= 0.6 is 0 Å². The second-order valence-corrected chi connectivity index (χ2v) is 2.54. The van der Waals surface area contributed by atoms with E-state index in [1.165, 1.54) is 0 Å². The molecule has 0 aliphatic heterocycles. The Kier molecular flexibility index (Phi) is 4.57. The molecule has 0 saturated carbocycles. The van der Waals surface area contributed by atoms with Crippen LogP contribution in [0.15, 0.2) is 0 Å². The molecule has 0 aromatic heterocycles. The van der Waals surface area contributed by atoms with Crippen molar-refractivity contribution in [2.24, 2.45) is 0 Å². The smallest absolute Gasteiger partial charge is 0.333 e. The Morgan fingerprint density at radius 2 is 1.64 bits per heavy atom. The molecule has 0 aliphatic carbocycles. The fraction of sp³-hybridized carbons (Fsp3) is 0.571. The molecule has 14 heavy (non-hydrogen) atoms. The van der Waals surface area contributed by atoms with E-state index in [-0.39, 0.29) is 0 Å². The van der Waals surface area contributed by atoms with Crippen molar-refractivity contribution in [3.8, 4) is 0 Å². The Labute approximate surface area is 78.9 Å². The molecule has 3 N–H and O–H groups in total. The third-order valence-electron chi connectivity index (χ3n) is 1.35. The maximum Gasteiger partial charge on any atom is 0.333 e. The topological polar surface area (TPSA) is 121 Å². The quantitative estimate of drug-likeness (QED) is 0.530. The number of carboxylic acid groups (broad SMARTS) is 3. The molecule has 7 nitrogen and oxygen atoms in total. The Hall–Kier alpha value is -1.63. The second kappa shape index (κ2) is 5.18. The molecule has 0 amide bonds. The standard InChI is InChI=1S/C7H10O7/c1-3(6(10)11)14-4(7(12)13)2-5(8)9/h3-4H,2H2,1H3,(H,8,9)(H,10,11)(H,12,13). The molecule has 0 aromatic carbocycles. The van der Waals surface area contributed by atoms with E-state index in [0.717, 1.165) is 6.92 Å². The number of carbonyl (C=O) groups is 3. The van der Waals surface area contributed by atoms with Gasteiger partial charge < -0.3 is 20.1 Å². The molecule has 0 rings (SSSR count). The van der Waals surface area contributed by atoms with Crippen molar-refractivity contribution in [3.05, 3.63) is 0 Å². The molecule has 0 aliphatic rings. The Bertz CT molecular complexity index is 246. The number of hydrogen-bond donors (Lipinski definition) is 3. The van der Waals surface area contributed by atoms with Crippen molar-refractivity contribution >= 4 is 17.9 Å². The van der Waals surface area contributed by atoms with E-state index in [1.807, 2.05) is 0 Å². The highest BCUT2D eigenvalue weighted by molar-refractivity contribution is 5.80. The third kappa shape index (κ3) is 4.41. The first-order valence-corrected chi connectivity index (χ1v) is 3.67. The van der Waals surface area contributed by atoms with Gasteiger partial charge in [0.15, 0.2) is 12.2 Å². The Balaban J connectivity index is 4.30. The molecule has 2 atom stereocenters. The van der Waals surface area contributed by atoms with Gasteiger partial charge in [-0.25, -0.2) is 9.59 Å². The van der Waals surface area contributed by atoms with Crippen LogP contribution in [0.3, 0.4) is 0 Å². The second-order valence-electron chi connectivity index (χ2n) is 2.54. The summed E-state index contributed by atoms with van der Waals surface area (Å²) in [5.41, 5.74) is 0. The van der Waals surface area contributed by atoms with Crippen molar-refractivity contribution in [3.63, 3.8) is 0 Å².